The van der Waals surface area contributed by atoms with Crippen molar-refractivity contribution in [3.63, 3.8) is 0 Å². The number of amides is 2. The monoisotopic (exact) mass is 199 g/mol. The van der Waals surface area contributed by atoms with Crippen LogP contribution in [0.5, 0.6) is 0 Å². The van der Waals surface area contributed by atoms with Gasteiger partial charge in [-0.3, -0.25) is 0 Å². The van der Waals surface area contributed by atoms with Gasteiger partial charge in [-0.1, -0.05) is 0 Å². The number of amidine groups is 1. The molecular formula is C9H17N3O2. The molecule has 5 heteroatoms. The summed E-state index contributed by atoms with van der Waals surface area (Å²) in [5, 5.41) is 2.72. The molecule has 0 aromatic carbocycles. The number of nitrogens with zero attached hydrogens (tertiary/aromatic N) is 1. The Bertz CT molecular complexity index is 286. The fourth-order valence-electron chi connectivity index (χ4n) is 1.62. The molecule has 1 aliphatic heterocycles. The molecule has 3 N–H and O–H groups in total. The summed E-state index contributed by atoms with van der Waals surface area (Å²) in [4.78, 5) is 14.7. The summed E-state index contributed by atoms with van der Waals surface area (Å²) in [6.45, 7) is 5.73. The van der Waals surface area contributed by atoms with E-state index in [1.165, 1.54) is 0 Å². The molecule has 1 unspecified atom stereocenters. The van der Waals surface area contributed by atoms with Crippen molar-refractivity contribution in [2.75, 3.05) is 7.11 Å². The molecule has 14 heavy (non-hydrogen) atoms. The van der Waals surface area contributed by atoms with E-state index in [0.29, 0.717) is 12.3 Å². The summed E-state index contributed by atoms with van der Waals surface area (Å²) in [7, 11) is 1.63. The van der Waals surface area contributed by atoms with Crippen LogP contribution >= 0.6 is 0 Å². The van der Waals surface area contributed by atoms with Gasteiger partial charge in [-0.2, -0.15) is 4.99 Å². The molecular weight excluding hydrogens is 182 g/mol. The Kier molecular flexibility index (Phi) is 2.54. The predicted molar refractivity (Wildman–Crippen MR) is 54.3 cm³/mol. The van der Waals surface area contributed by atoms with Crippen molar-refractivity contribution in [1.29, 1.82) is 0 Å². The van der Waals surface area contributed by atoms with Gasteiger partial charge in [0.15, 0.2) is 0 Å². The summed E-state index contributed by atoms with van der Waals surface area (Å²) < 4.78 is 5.29. The second kappa shape index (κ2) is 3.24. The molecule has 2 amide bonds. The zero-order chi connectivity index (χ0) is 11.0. The van der Waals surface area contributed by atoms with Gasteiger partial charge in [0.1, 0.15) is 5.84 Å². The van der Waals surface area contributed by atoms with Crippen LogP contribution in [0.15, 0.2) is 4.99 Å². The largest absolute Gasteiger partial charge is 0.385 e. The number of nitrogens with two attached hydrogens (primary N) is 1. The van der Waals surface area contributed by atoms with Crippen LogP contribution in [0, 0.1) is 0 Å². The quantitative estimate of drug-likeness (QED) is 0.700. The maximum atomic E-state index is 11.0. The molecule has 0 aromatic rings. The van der Waals surface area contributed by atoms with Crippen LogP contribution < -0.4 is 11.1 Å². The maximum absolute atomic E-state index is 11.0. The molecule has 80 valence electrons. The lowest BCUT2D eigenvalue weighted by atomic mass is 9.87. The first kappa shape index (κ1) is 11.0. The number of methoxy groups -OCH3 is 1. The van der Waals surface area contributed by atoms with Crippen LogP contribution in [0.4, 0.5) is 4.79 Å². The van der Waals surface area contributed by atoms with Crippen LogP contribution in [0.2, 0.25) is 0 Å². The van der Waals surface area contributed by atoms with Crippen molar-refractivity contribution in [1.82, 2.24) is 5.32 Å². The van der Waals surface area contributed by atoms with Gasteiger partial charge in [-0.25, -0.2) is 4.79 Å². The molecule has 1 rings (SSSR count). The minimum Gasteiger partial charge on any atom is -0.385 e. The predicted octanol–water partition coefficient (Wildman–Crippen LogP) is 0.641. The first-order valence-electron chi connectivity index (χ1n) is 4.51. The van der Waals surface area contributed by atoms with E-state index in [1.54, 1.807) is 7.11 Å². The van der Waals surface area contributed by atoms with Gasteiger partial charge in [-0.15, -0.1) is 0 Å². The van der Waals surface area contributed by atoms with E-state index < -0.39 is 5.54 Å². The highest BCUT2D eigenvalue weighted by atomic mass is 16.5. The Balaban J connectivity index is 2.79. The van der Waals surface area contributed by atoms with Gasteiger partial charge in [0, 0.05) is 13.5 Å². The Morgan fingerprint density at radius 3 is 2.57 bits per heavy atom. The Labute approximate surface area is 83.7 Å². The molecule has 1 atom stereocenters. The zero-order valence-corrected chi connectivity index (χ0v) is 9.05. The van der Waals surface area contributed by atoms with Gasteiger partial charge in [-0.05, 0) is 20.8 Å². The van der Waals surface area contributed by atoms with Gasteiger partial charge in [0.05, 0.1) is 11.1 Å². The van der Waals surface area contributed by atoms with Gasteiger partial charge < -0.3 is 15.8 Å². The summed E-state index contributed by atoms with van der Waals surface area (Å²) in [5.41, 5.74) is 4.75. The summed E-state index contributed by atoms with van der Waals surface area (Å²) >= 11 is 0. The lowest BCUT2D eigenvalue weighted by Crippen LogP contribution is -2.53. The third kappa shape index (κ3) is 2.04. The van der Waals surface area contributed by atoms with E-state index >= 15 is 0 Å². The van der Waals surface area contributed by atoms with Crippen molar-refractivity contribution in [3.8, 4) is 0 Å². The van der Waals surface area contributed by atoms with E-state index in [-0.39, 0.29) is 11.6 Å². The van der Waals surface area contributed by atoms with Gasteiger partial charge in [0.25, 0.3) is 0 Å². The number of nitrogens with one attached hydrogen (secondary N) is 1. The number of carbonyl (C=O) groups is 1. The topological polar surface area (TPSA) is 76.7 Å². The van der Waals surface area contributed by atoms with E-state index in [2.05, 4.69) is 10.3 Å². The second-order valence-electron chi connectivity index (χ2n) is 4.40. The van der Waals surface area contributed by atoms with E-state index in [4.69, 9.17) is 10.5 Å². The van der Waals surface area contributed by atoms with Gasteiger partial charge >= 0.3 is 6.03 Å². The Morgan fingerprint density at radius 1 is 1.64 bits per heavy atom. The van der Waals surface area contributed by atoms with Crippen LogP contribution in [-0.4, -0.2) is 30.1 Å². The normalized spacial score (nSPS) is 27.4. The zero-order valence-electron chi connectivity index (χ0n) is 9.05. The number of rotatable bonds is 3. The van der Waals surface area contributed by atoms with Crippen molar-refractivity contribution in [2.24, 2.45) is 10.7 Å². The molecule has 1 aliphatic rings. The second-order valence-corrected chi connectivity index (χ2v) is 4.40. The lowest BCUT2D eigenvalue weighted by molar-refractivity contribution is 0.00445. The molecule has 0 fully saturated rings. The summed E-state index contributed by atoms with van der Waals surface area (Å²) in [5.74, 6) is 0.327. The highest BCUT2D eigenvalue weighted by Crippen LogP contribution is 2.25. The van der Waals surface area contributed by atoms with Crippen LogP contribution in [-0.2, 0) is 4.74 Å². The SMILES string of the molecule is COC(C)(C)CC1(C)NC(=O)N=C1N. The molecule has 0 aromatic heterocycles. The van der Waals surface area contributed by atoms with Crippen molar-refractivity contribution in [3.05, 3.63) is 0 Å². The fraction of sp³-hybridized carbons (Fsp3) is 0.778. The molecule has 5 nitrogen and oxygen atoms in total. The van der Waals surface area contributed by atoms with Crippen LogP contribution in [0.3, 0.4) is 0 Å². The molecule has 0 radical (unpaired) electrons. The molecule has 0 saturated carbocycles. The maximum Gasteiger partial charge on any atom is 0.343 e. The number of carbonyl (C=O) groups excluding carboxylic acids is 1. The smallest absolute Gasteiger partial charge is 0.343 e. The first-order chi connectivity index (χ1) is 6.29. The number of ether oxygens (including phenoxy) is 1. The van der Waals surface area contributed by atoms with Crippen molar-refractivity contribution < 1.29 is 9.53 Å². The van der Waals surface area contributed by atoms with E-state index in [9.17, 15) is 4.79 Å². The Morgan fingerprint density at radius 2 is 2.21 bits per heavy atom. The Hall–Kier alpha value is -1.10. The molecule has 1 heterocycles. The standard InChI is InChI=1S/C9H17N3O2/c1-8(2,14-4)5-9(3)6(10)11-7(13)12-9/h5H2,1-4H3,(H3,10,11,12,13). The van der Waals surface area contributed by atoms with E-state index in [0.717, 1.165) is 0 Å². The lowest BCUT2D eigenvalue weighted by Gasteiger charge is -2.33. The van der Waals surface area contributed by atoms with Crippen molar-refractivity contribution >= 4 is 11.9 Å². The number of hydrogen-bond donors (Lipinski definition) is 2. The third-order valence-electron chi connectivity index (χ3n) is 2.50. The number of aliphatic imine (C=N–C) groups is 1. The summed E-state index contributed by atoms with van der Waals surface area (Å²) in [6.07, 6.45) is 0.595. The summed E-state index contributed by atoms with van der Waals surface area (Å²) in [6, 6.07) is -0.378. The molecule has 0 aliphatic carbocycles. The van der Waals surface area contributed by atoms with Crippen molar-refractivity contribution in [2.45, 2.75) is 38.3 Å². The molecule has 0 saturated heterocycles. The van der Waals surface area contributed by atoms with E-state index in [1.807, 2.05) is 20.8 Å². The first-order valence-corrected chi connectivity index (χ1v) is 4.51. The highest BCUT2D eigenvalue weighted by Gasteiger charge is 2.41. The van der Waals surface area contributed by atoms with Crippen LogP contribution in [0.1, 0.15) is 27.2 Å². The molecule has 0 bridgehead atoms. The average molecular weight is 199 g/mol. The highest BCUT2D eigenvalue weighted by molar-refractivity contribution is 6.05. The number of hydrogen-bond acceptors (Lipinski definition) is 3. The van der Waals surface area contributed by atoms with Crippen LogP contribution in [0.25, 0.3) is 0 Å². The van der Waals surface area contributed by atoms with Gasteiger partial charge in [0.2, 0.25) is 0 Å². The third-order valence-corrected chi connectivity index (χ3v) is 2.50. The number of urea groups is 1. The minimum atomic E-state index is -0.587. The average Bonchev–Trinajstić information content (AvgIpc) is 2.24. The molecule has 0 spiro atoms. The minimum absolute atomic E-state index is 0.327. The fourth-order valence-corrected chi connectivity index (χ4v) is 1.62.